The van der Waals surface area contributed by atoms with Crippen molar-refractivity contribution >= 4 is 29.8 Å². The Labute approximate surface area is 194 Å². The monoisotopic (exact) mass is 494 g/mol. The molecule has 0 aromatic heterocycles. The minimum atomic E-state index is -1.25. The summed E-state index contributed by atoms with van der Waals surface area (Å²) in [6.45, 7) is 0.634. The Morgan fingerprint density at radius 3 is 1.15 bits per heavy atom. The molecule has 0 saturated heterocycles. The van der Waals surface area contributed by atoms with Crippen LogP contribution in [0.1, 0.15) is 0 Å². The number of carbonyl (C=O) groups is 5. The molecule has 0 aromatic rings. The molecular weight excluding hydrogens is 464 g/mol. The second-order valence-electron chi connectivity index (χ2n) is 7.14. The zero-order valence-corrected chi connectivity index (χ0v) is 18.4. The van der Waals surface area contributed by atoms with Crippen molar-refractivity contribution in [2.75, 3.05) is 72.0 Å². The van der Waals surface area contributed by atoms with Crippen molar-refractivity contribution in [3.63, 3.8) is 0 Å². The fraction of sp³-hybridized carbons (Fsp3) is 0.611. The van der Waals surface area contributed by atoms with Crippen LogP contribution in [0.3, 0.4) is 0 Å². The van der Waals surface area contributed by atoms with Crippen LogP contribution >= 0.6 is 0 Å². The minimum Gasteiger partial charge on any atom is -0.480 e. The van der Waals surface area contributed by atoms with E-state index >= 15 is 0 Å². The third-order valence-electron chi connectivity index (χ3n) is 4.37. The van der Waals surface area contributed by atoms with Crippen molar-refractivity contribution in [3.05, 3.63) is 12.5 Å². The number of carboxylic acid groups (broad SMARTS) is 5. The van der Waals surface area contributed by atoms with E-state index in [1.165, 1.54) is 9.80 Å². The van der Waals surface area contributed by atoms with Crippen molar-refractivity contribution in [3.8, 4) is 0 Å². The van der Waals surface area contributed by atoms with E-state index in [2.05, 4.69) is 11.5 Å². The summed E-state index contributed by atoms with van der Waals surface area (Å²) in [5.41, 5.74) is 0. The molecule has 0 atom stereocenters. The molecule has 0 aliphatic rings. The highest BCUT2D eigenvalue weighted by atomic mass is 17.1. The molecule has 0 aromatic carbocycles. The fourth-order valence-corrected chi connectivity index (χ4v) is 2.86. The van der Waals surface area contributed by atoms with Gasteiger partial charge in [-0.3, -0.25) is 38.7 Å². The Morgan fingerprint density at radius 1 is 0.529 bits per heavy atom. The number of carboxylic acids is 5. The number of aliphatic carboxylic acids is 5. The SMILES string of the molecule is C=C(OO)N(CCN(CCN(CCN(CC(=O)O)CC(=O)O)CC(=O)O)CC(=O)O)CC(=O)O. The highest BCUT2D eigenvalue weighted by Gasteiger charge is 2.20. The van der Waals surface area contributed by atoms with E-state index in [-0.39, 0.29) is 45.2 Å². The lowest BCUT2D eigenvalue weighted by Crippen LogP contribution is -2.46. The van der Waals surface area contributed by atoms with Gasteiger partial charge in [-0.25, -0.2) is 5.26 Å². The van der Waals surface area contributed by atoms with Crippen LogP contribution in [0, 0.1) is 0 Å². The van der Waals surface area contributed by atoms with Crippen LogP contribution < -0.4 is 0 Å². The average molecular weight is 494 g/mol. The summed E-state index contributed by atoms with van der Waals surface area (Å²) in [5.74, 6) is -6.50. The summed E-state index contributed by atoms with van der Waals surface area (Å²) in [6, 6.07) is 0. The first-order chi connectivity index (χ1) is 15.8. The van der Waals surface area contributed by atoms with E-state index in [0.717, 1.165) is 9.80 Å². The summed E-state index contributed by atoms with van der Waals surface area (Å²) < 4.78 is 0. The summed E-state index contributed by atoms with van der Waals surface area (Å²) in [6.07, 6.45) is 0. The van der Waals surface area contributed by atoms with Crippen LogP contribution in [0.25, 0.3) is 0 Å². The van der Waals surface area contributed by atoms with Gasteiger partial charge in [-0.1, -0.05) is 0 Å². The maximum atomic E-state index is 11.2. The summed E-state index contributed by atoms with van der Waals surface area (Å²) in [4.78, 5) is 64.1. The van der Waals surface area contributed by atoms with Gasteiger partial charge in [0, 0.05) is 39.3 Å². The Kier molecular flexibility index (Phi) is 14.5. The standard InChI is InChI=1S/C18H30N4O12/c1-13(34-33)22(12-18(31)32)7-6-20(9-15(25)26)3-2-19(8-14(23)24)4-5-21(10-16(27)28)11-17(29)30/h33H,1-12H2,(H,23,24)(H,25,26)(H,27,28)(H,29,30)(H,31,32). The first kappa shape index (κ1) is 30.5. The zero-order chi connectivity index (χ0) is 26.3. The van der Waals surface area contributed by atoms with Crippen LogP contribution in [0.4, 0.5) is 0 Å². The molecule has 6 N–H and O–H groups in total. The number of rotatable bonds is 21. The van der Waals surface area contributed by atoms with Gasteiger partial charge in [0.1, 0.15) is 6.54 Å². The summed E-state index contributed by atoms with van der Waals surface area (Å²) >= 11 is 0. The Bertz CT molecular complexity index is 716. The van der Waals surface area contributed by atoms with Gasteiger partial charge in [-0.05, 0) is 6.58 Å². The molecule has 194 valence electrons. The van der Waals surface area contributed by atoms with Gasteiger partial charge >= 0.3 is 29.8 Å². The van der Waals surface area contributed by atoms with Gasteiger partial charge in [-0.15, -0.1) is 0 Å². The molecule has 0 fully saturated rings. The van der Waals surface area contributed by atoms with E-state index in [0.29, 0.717) is 0 Å². The molecule has 0 bridgehead atoms. The molecule has 0 aliphatic carbocycles. The Morgan fingerprint density at radius 2 is 0.824 bits per heavy atom. The molecular formula is C18H30N4O12. The first-order valence-corrected chi connectivity index (χ1v) is 9.85. The van der Waals surface area contributed by atoms with Crippen LogP contribution in [-0.4, -0.2) is 152 Å². The maximum Gasteiger partial charge on any atom is 0.323 e. The molecule has 0 unspecified atom stereocenters. The first-order valence-electron chi connectivity index (χ1n) is 9.85. The molecule has 16 heteroatoms. The summed E-state index contributed by atoms with van der Waals surface area (Å²) in [5, 5.41) is 53.8. The third kappa shape index (κ3) is 15.4. The van der Waals surface area contributed by atoms with Crippen molar-refractivity contribution in [2.24, 2.45) is 0 Å². The van der Waals surface area contributed by atoms with Gasteiger partial charge < -0.3 is 35.3 Å². The average Bonchev–Trinajstić information content (AvgIpc) is 2.69. The smallest absolute Gasteiger partial charge is 0.323 e. The topological polar surface area (TPSA) is 229 Å². The molecule has 0 spiro atoms. The third-order valence-corrected chi connectivity index (χ3v) is 4.37. The lowest BCUT2D eigenvalue weighted by molar-refractivity contribution is -0.224. The van der Waals surface area contributed by atoms with E-state index in [1.807, 2.05) is 0 Å². The second kappa shape index (κ2) is 16.2. The molecule has 0 radical (unpaired) electrons. The van der Waals surface area contributed by atoms with Gasteiger partial charge in [-0.2, -0.15) is 0 Å². The van der Waals surface area contributed by atoms with E-state index in [9.17, 15) is 24.0 Å². The van der Waals surface area contributed by atoms with Crippen LogP contribution in [0.5, 0.6) is 0 Å². The lowest BCUT2D eigenvalue weighted by atomic mass is 10.3. The predicted molar refractivity (Wildman–Crippen MR) is 112 cm³/mol. The molecule has 16 nitrogen and oxygen atoms in total. The fourth-order valence-electron chi connectivity index (χ4n) is 2.86. The quantitative estimate of drug-likeness (QED) is 0.0554. The number of hydrogen-bond donors (Lipinski definition) is 6. The van der Waals surface area contributed by atoms with Gasteiger partial charge in [0.2, 0.25) is 5.88 Å². The van der Waals surface area contributed by atoms with Gasteiger partial charge in [0.05, 0.1) is 26.2 Å². The molecule has 34 heavy (non-hydrogen) atoms. The van der Waals surface area contributed by atoms with Crippen molar-refractivity contribution in [1.29, 1.82) is 0 Å². The van der Waals surface area contributed by atoms with Crippen molar-refractivity contribution in [1.82, 2.24) is 19.6 Å². The highest BCUT2D eigenvalue weighted by Crippen LogP contribution is 2.03. The predicted octanol–water partition coefficient (Wildman–Crippen LogP) is -2.42. The highest BCUT2D eigenvalue weighted by molar-refractivity contribution is 5.72. The van der Waals surface area contributed by atoms with Crippen LogP contribution in [-0.2, 0) is 28.9 Å². The molecule has 0 aliphatic heterocycles. The van der Waals surface area contributed by atoms with E-state index in [1.54, 1.807) is 0 Å². The minimum absolute atomic E-state index is 0.00588. The van der Waals surface area contributed by atoms with Crippen molar-refractivity contribution < 1.29 is 59.7 Å². The Hall–Kier alpha value is -3.47. The van der Waals surface area contributed by atoms with Gasteiger partial charge in [0.15, 0.2) is 0 Å². The molecule has 0 saturated carbocycles. The van der Waals surface area contributed by atoms with E-state index in [4.69, 9.17) is 30.8 Å². The summed E-state index contributed by atoms with van der Waals surface area (Å²) in [7, 11) is 0. The zero-order valence-electron chi connectivity index (χ0n) is 18.4. The second-order valence-corrected chi connectivity index (χ2v) is 7.14. The molecule has 0 amide bonds. The molecule has 0 rings (SSSR count). The van der Waals surface area contributed by atoms with Crippen molar-refractivity contribution in [2.45, 2.75) is 0 Å². The molecule has 0 heterocycles. The Balaban J connectivity index is 5.17. The normalized spacial score (nSPS) is 10.9. The van der Waals surface area contributed by atoms with Gasteiger partial charge in [0.25, 0.3) is 0 Å². The maximum absolute atomic E-state index is 11.2. The number of nitrogens with zero attached hydrogens (tertiary/aromatic N) is 4. The number of hydrogen-bond acceptors (Lipinski definition) is 11. The van der Waals surface area contributed by atoms with Crippen LogP contribution in [0.15, 0.2) is 12.5 Å². The lowest BCUT2D eigenvalue weighted by Gasteiger charge is -2.29. The van der Waals surface area contributed by atoms with E-state index < -0.39 is 62.6 Å². The largest absolute Gasteiger partial charge is 0.480 e. The van der Waals surface area contributed by atoms with Crippen LogP contribution in [0.2, 0.25) is 0 Å².